The topological polar surface area (TPSA) is 98.4 Å². The van der Waals surface area contributed by atoms with Crippen LogP contribution in [0.5, 0.6) is 0 Å². The van der Waals surface area contributed by atoms with Crippen LogP contribution in [0.2, 0.25) is 0 Å². The lowest BCUT2D eigenvalue weighted by molar-refractivity contribution is -0.122. The zero-order chi connectivity index (χ0) is 15.1. The zero-order valence-corrected chi connectivity index (χ0v) is 12.1. The van der Waals surface area contributed by atoms with Gasteiger partial charge in [-0.3, -0.25) is 9.59 Å². The number of anilines is 1. The minimum absolute atomic E-state index is 0.252. The number of hydrogen-bond donors (Lipinski definition) is 3. The van der Waals surface area contributed by atoms with Crippen molar-refractivity contribution in [1.82, 2.24) is 15.2 Å². The van der Waals surface area contributed by atoms with Gasteiger partial charge >= 0.3 is 0 Å². The summed E-state index contributed by atoms with van der Waals surface area (Å²) in [6, 6.07) is 0.967. The average molecular weight is 282 g/mol. The molecular formula is C13H22N4O3. The summed E-state index contributed by atoms with van der Waals surface area (Å²) in [7, 11) is 1.56. The van der Waals surface area contributed by atoms with Crippen LogP contribution in [0.4, 0.5) is 5.69 Å². The molecule has 7 heteroatoms. The molecule has 1 aromatic rings. The predicted molar refractivity (Wildman–Crippen MR) is 76.3 cm³/mol. The van der Waals surface area contributed by atoms with Gasteiger partial charge < -0.3 is 25.7 Å². The van der Waals surface area contributed by atoms with Gasteiger partial charge in [0.2, 0.25) is 5.91 Å². The number of rotatable bonds is 7. The Morgan fingerprint density at radius 1 is 1.50 bits per heavy atom. The summed E-state index contributed by atoms with van der Waals surface area (Å²) in [5.41, 5.74) is 6.64. The molecule has 1 heterocycles. The van der Waals surface area contributed by atoms with Crippen molar-refractivity contribution < 1.29 is 14.3 Å². The highest BCUT2D eigenvalue weighted by Crippen LogP contribution is 2.10. The number of aryl methyl sites for hydroxylation is 1. The molecule has 20 heavy (non-hydrogen) atoms. The molecule has 0 aliphatic rings. The Morgan fingerprint density at radius 2 is 2.20 bits per heavy atom. The van der Waals surface area contributed by atoms with Gasteiger partial charge in [0.05, 0.1) is 12.3 Å². The van der Waals surface area contributed by atoms with Crippen molar-refractivity contribution in [3.8, 4) is 0 Å². The Kier molecular flexibility index (Phi) is 6.05. The van der Waals surface area contributed by atoms with Crippen LogP contribution in [0.15, 0.2) is 12.3 Å². The minimum atomic E-state index is -0.624. The maximum Gasteiger partial charge on any atom is 0.268 e. The van der Waals surface area contributed by atoms with Crippen molar-refractivity contribution in [1.29, 1.82) is 0 Å². The van der Waals surface area contributed by atoms with Gasteiger partial charge in [0.1, 0.15) is 11.7 Å². The lowest BCUT2D eigenvalue weighted by Gasteiger charge is -2.14. The molecule has 0 fully saturated rings. The Balaban J connectivity index is 2.58. The molecule has 0 spiro atoms. The van der Waals surface area contributed by atoms with Crippen molar-refractivity contribution in [2.75, 3.05) is 26.0 Å². The Morgan fingerprint density at radius 3 is 2.80 bits per heavy atom. The number of methoxy groups -OCH3 is 1. The second-order valence-corrected chi connectivity index (χ2v) is 4.42. The van der Waals surface area contributed by atoms with Gasteiger partial charge in [0.15, 0.2) is 0 Å². The molecule has 1 unspecified atom stereocenters. The van der Waals surface area contributed by atoms with Crippen molar-refractivity contribution in [2.45, 2.75) is 26.4 Å². The number of aromatic nitrogens is 1. The van der Waals surface area contributed by atoms with Crippen LogP contribution in [0, 0.1) is 0 Å². The van der Waals surface area contributed by atoms with E-state index >= 15 is 0 Å². The Labute approximate surface area is 118 Å². The van der Waals surface area contributed by atoms with Crippen LogP contribution in [0.1, 0.15) is 24.3 Å². The van der Waals surface area contributed by atoms with E-state index in [0.29, 0.717) is 31.1 Å². The summed E-state index contributed by atoms with van der Waals surface area (Å²) < 4.78 is 6.57. The van der Waals surface area contributed by atoms with E-state index in [1.165, 1.54) is 0 Å². The molecule has 112 valence electrons. The fraction of sp³-hybridized carbons (Fsp3) is 0.538. The van der Waals surface area contributed by atoms with Crippen LogP contribution < -0.4 is 16.4 Å². The molecule has 0 bridgehead atoms. The maximum absolute atomic E-state index is 12.1. The summed E-state index contributed by atoms with van der Waals surface area (Å²) in [5, 5.41) is 5.31. The van der Waals surface area contributed by atoms with Crippen LogP contribution in [0.3, 0.4) is 0 Å². The molecule has 1 aromatic heterocycles. The number of carbonyl (C=O) groups is 2. The molecule has 1 atom stereocenters. The first-order valence-corrected chi connectivity index (χ1v) is 6.52. The first-order valence-electron chi connectivity index (χ1n) is 6.52. The van der Waals surface area contributed by atoms with Gasteiger partial charge in [-0.2, -0.15) is 0 Å². The highest BCUT2D eigenvalue weighted by Gasteiger charge is 2.18. The number of nitrogens with two attached hydrogens (primary N) is 1. The third-order valence-electron chi connectivity index (χ3n) is 2.84. The van der Waals surface area contributed by atoms with Crippen LogP contribution in [-0.4, -0.2) is 42.7 Å². The fourth-order valence-electron chi connectivity index (χ4n) is 1.75. The average Bonchev–Trinajstić information content (AvgIpc) is 2.80. The quantitative estimate of drug-likeness (QED) is 0.612. The van der Waals surface area contributed by atoms with Crippen molar-refractivity contribution >= 4 is 17.5 Å². The molecule has 1 rings (SSSR count). The monoisotopic (exact) mass is 282 g/mol. The smallest absolute Gasteiger partial charge is 0.268 e. The third-order valence-corrected chi connectivity index (χ3v) is 2.84. The first-order chi connectivity index (χ1) is 9.49. The van der Waals surface area contributed by atoms with Crippen molar-refractivity contribution in [3.63, 3.8) is 0 Å². The standard InChI is InChI=1S/C13H22N4O3/c1-4-17-8-10(14)7-11(17)13(19)16-9(2)12(18)15-5-6-20-3/h7-9H,4-6,14H2,1-3H3,(H,15,18)(H,16,19). The van der Waals surface area contributed by atoms with Gasteiger partial charge in [-0.1, -0.05) is 0 Å². The number of carbonyl (C=O) groups excluding carboxylic acids is 2. The minimum Gasteiger partial charge on any atom is -0.397 e. The van der Waals surface area contributed by atoms with E-state index in [1.54, 1.807) is 30.9 Å². The molecule has 0 aliphatic carbocycles. The third kappa shape index (κ3) is 4.27. The number of ether oxygens (including phenoxy) is 1. The number of amides is 2. The van der Waals surface area contributed by atoms with E-state index in [9.17, 15) is 9.59 Å². The van der Waals surface area contributed by atoms with Crippen molar-refractivity contribution in [2.24, 2.45) is 0 Å². The van der Waals surface area contributed by atoms with Gasteiger partial charge in [0.25, 0.3) is 5.91 Å². The Bertz CT molecular complexity index is 470. The van der Waals surface area contributed by atoms with E-state index in [2.05, 4.69) is 10.6 Å². The summed E-state index contributed by atoms with van der Waals surface area (Å²) in [6.45, 7) is 5.02. The van der Waals surface area contributed by atoms with Crippen LogP contribution in [-0.2, 0) is 16.1 Å². The molecule has 0 saturated heterocycles. The highest BCUT2D eigenvalue weighted by molar-refractivity contribution is 5.97. The van der Waals surface area contributed by atoms with Gasteiger partial charge in [-0.25, -0.2) is 0 Å². The second kappa shape index (κ2) is 7.54. The van der Waals surface area contributed by atoms with E-state index in [4.69, 9.17) is 10.5 Å². The molecule has 4 N–H and O–H groups in total. The zero-order valence-electron chi connectivity index (χ0n) is 12.1. The normalized spacial score (nSPS) is 11.9. The molecule has 0 saturated carbocycles. The van der Waals surface area contributed by atoms with Gasteiger partial charge in [0, 0.05) is 26.4 Å². The first kappa shape index (κ1) is 16.0. The molecule has 7 nitrogen and oxygen atoms in total. The summed E-state index contributed by atoms with van der Waals surface area (Å²) in [6.07, 6.45) is 1.69. The largest absolute Gasteiger partial charge is 0.397 e. The molecule has 0 radical (unpaired) electrons. The number of nitrogens with one attached hydrogen (secondary N) is 2. The van der Waals surface area contributed by atoms with E-state index in [-0.39, 0.29) is 11.8 Å². The fourth-order valence-corrected chi connectivity index (χ4v) is 1.75. The summed E-state index contributed by atoms with van der Waals surface area (Å²) in [4.78, 5) is 23.8. The molecule has 0 aromatic carbocycles. The SMILES string of the molecule is CCn1cc(N)cc1C(=O)NC(C)C(=O)NCCOC. The summed E-state index contributed by atoms with van der Waals surface area (Å²) >= 11 is 0. The van der Waals surface area contributed by atoms with Crippen LogP contribution >= 0.6 is 0 Å². The predicted octanol–water partition coefficient (Wildman–Crippen LogP) is -0.0289. The lowest BCUT2D eigenvalue weighted by atomic mass is 10.3. The van der Waals surface area contributed by atoms with Crippen molar-refractivity contribution in [3.05, 3.63) is 18.0 Å². The number of nitrogens with zero attached hydrogens (tertiary/aromatic N) is 1. The van der Waals surface area contributed by atoms with Crippen LogP contribution in [0.25, 0.3) is 0 Å². The lowest BCUT2D eigenvalue weighted by Crippen LogP contribution is -2.45. The molecule has 0 aliphatic heterocycles. The number of nitrogen functional groups attached to an aromatic ring is 1. The summed E-state index contributed by atoms with van der Waals surface area (Å²) in [5.74, 6) is -0.573. The van der Waals surface area contributed by atoms with E-state index in [1.807, 2.05) is 6.92 Å². The number of hydrogen-bond acceptors (Lipinski definition) is 4. The van der Waals surface area contributed by atoms with E-state index in [0.717, 1.165) is 0 Å². The second-order valence-electron chi connectivity index (χ2n) is 4.42. The van der Waals surface area contributed by atoms with E-state index < -0.39 is 6.04 Å². The van der Waals surface area contributed by atoms with Gasteiger partial charge in [-0.05, 0) is 19.9 Å². The van der Waals surface area contributed by atoms with Gasteiger partial charge in [-0.15, -0.1) is 0 Å². The Hall–Kier alpha value is -2.02. The molecular weight excluding hydrogens is 260 g/mol. The highest BCUT2D eigenvalue weighted by atomic mass is 16.5. The molecule has 2 amide bonds. The maximum atomic E-state index is 12.1.